The first-order chi connectivity index (χ1) is 9.90. The number of hydrogen-bond donors (Lipinski definition) is 0. The molecule has 114 valence electrons. The minimum absolute atomic E-state index is 0.0428. The average molecular weight is 312 g/mol. The van der Waals surface area contributed by atoms with Gasteiger partial charge in [-0.3, -0.25) is 19.8 Å². The molecule has 1 amide bonds. The van der Waals surface area contributed by atoms with Crippen LogP contribution in [0.1, 0.15) is 24.2 Å². The molecule has 1 aromatic carbocycles. The van der Waals surface area contributed by atoms with Gasteiger partial charge in [-0.15, -0.1) is 0 Å². The largest absolute Gasteiger partial charge is 0.336 e. The standard InChI is InChI=1S/C14H18ClN3O3/c1-10(2)16-5-7-17(8-6-16)14(19)11-3-4-12(15)13(9-11)18(20)21/h3-4,9-10H,5-8H2,1-2H3. The van der Waals surface area contributed by atoms with Gasteiger partial charge in [0.1, 0.15) is 5.02 Å². The van der Waals surface area contributed by atoms with Crippen molar-refractivity contribution in [3.63, 3.8) is 0 Å². The zero-order valence-electron chi connectivity index (χ0n) is 12.1. The molecule has 0 atom stereocenters. The molecule has 0 N–H and O–H groups in total. The van der Waals surface area contributed by atoms with Gasteiger partial charge in [0.15, 0.2) is 0 Å². The highest BCUT2D eigenvalue weighted by molar-refractivity contribution is 6.32. The average Bonchev–Trinajstić information content (AvgIpc) is 2.46. The quantitative estimate of drug-likeness (QED) is 0.635. The first kappa shape index (κ1) is 15.7. The minimum Gasteiger partial charge on any atom is -0.336 e. The molecule has 21 heavy (non-hydrogen) atoms. The van der Waals surface area contributed by atoms with E-state index in [-0.39, 0.29) is 16.6 Å². The Morgan fingerprint density at radius 2 is 1.90 bits per heavy atom. The first-order valence-electron chi connectivity index (χ1n) is 6.87. The molecule has 0 bridgehead atoms. The van der Waals surface area contributed by atoms with Crippen LogP contribution in [0.25, 0.3) is 0 Å². The molecule has 1 heterocycles. The number of halogens is 1. The minimum atomic E-state index is -0.574. The summed E-state index contributed by atoms with van der Waals surface area (Å²) in [7, 11) is 0. The number of hydrogen-bond acceptors (Lipinski definition) is 4. The number of carbonyl (C=O) groups excluding carboxylic acids is 1. The van der Waals surface area contributed by atoms with Gasteiger partial charge in [-0.25, -0.2) is 0 Å². The molecule has 0 spiro atoms. The number of nitro groups is 1. The highest BCUT2D eigenvalue weighted by Crippen LogP contribution is 2.25. The van der Waals surface area contributed by atoms with Gasteiger partial charge in [0.2, 0.25) is 0 Å². The second kappa shape index (κ2) is 6.41. The van der Waals surface area contributed by atoms with Gasteiger partial charge >= 0.3 is 0 Å². The number of nitrogens with zero attached hydrogens (tertiary/aromatic N) is 3. The van der Waals surface area contributed by atoms with Crippen molar-refractivity contribution in [1.82, 2.24) is 9.80 Å². The fourth-order valence-electron chi connectivity index (χ4n) is 2.41. The summed E-state index contributed by atoms with van der Waals surface area (Å²) < 4.78 is 0. The summed E-state index contributed by atoms with van der Waals surface area (Å²) in [5, 5.41) is 10.9. The zero-order valence-corrected chi connectivity index (χ0v) is 12.8. The summed E-state index contributed by atoms with van der Waals surface area (Å²) in [6.45, 7) is 7.15. The zero-order chi connectivity index (χ0) is 15.6. The molecule has 0 aromatic heterocycles. The lowest BCUT2D eigenvalue weighted by Crippen LogP contribution is -2.50. The monoisotopic (exact) mass is 311 g/mol. The molecule has 1 aliphatic heterocycles. The number of amides is 1. The third-order valence-corrected chi connectivity index (χ3v) is 4.04. The lowest BCUT2D eigenvalue weighted by atomic mass is 10.1. The third-order valence-electron chi connectivity index (χ3n) is 3.72. The molecule has 2 rings (SSSR count). The van der Waals surface area contributed by atoms with Crippen LogP contribution in [0.5, 0.6) is 0 Å². The van der Waals surface area contributed by atoms with Gasteiger partial charge in [-0.1, -0.05) is 11.6 Å². The van der Waals surface area contributed by atoms with Crippen LogP contribution < -0.4 is 0 Å². The number of piperazine rings is 1. The van der Waals surface area contributed by atoms with Crippen molar-refractivity contribution < 1.29 is 9.72 Å². The van der Waals surface area contributed by atoms with Crippen molar-refractivity contribution >= 4 is 23.2 Å². The van der Waals surface area contributed by atoms with Crippen molar-refractivity contribution in [2.24, 2.45) is 0 Å². The molecule has 6 nitrogen and oxygen atoms in total. The van der Waals surface area contributed by atoms with Crippen LogP contribution in [-0.4, -0.2) is 52.9 Å². The van der Waals surface area contributed by atoms with E-state index in [9.17, 15) is 14.9 Å². The fraction of sp³-hybridized carbons (Fsp3) is 0.500. The van der Waals surface area contributed by atoms with Gasteiger partial charge in [0, 0.05) is 43.9 Å². The van der Waals surface area contributed by atoms with Crippen LogP contribution in [0.15, 0.2) is 18.2 Å². The van der Waals surface area contributed by atoms with E-state index < -0.39 is 4.92 Å². The van der Waals surface area contributed by atoms with Gasteiger partial charge in [-0.05, 0) is 26.0 Å². The van der Waals surface area contributed by atoms with Crippen LogP contribution in [-0.2, 0) is 0 Å². The van der Waals surface area contributed by atoms with E-state index in [1.165, 1.54) is 18.2 Å². The molecule has 7 heteroatoms. The van der Waals surface area contributed by atoms with E-state index in [0.29, 0.717) is 24.7 Å². The van der Waals surface area contributed by atoms with E-state index in [0.717, 1.165) is 13.1 Å². The second-order valence-corrected chi connectivity index (χ2v) is 5.75. The van der Waals surface area contributed by atoms with Gasteiger partial charge in [-0.2, -0.15) is 0 Å². The predicted molar refractivity (Wildman–Crippen MR) is 80.7 cm³/mol. The lowest BCUT2D eigenvalue weighted by Gasteiger charge is -2.36. The summed E-state index contributed by atoms with van der Waals surface area (Å²) in [6, 6.07) is 4.64. The molecule has 0 unspecified atom stereocenters. The highest BCUT2D eigenvalue weighted by Gasteiger charge is 2.25. The van der Waals surface area contributed by atoms with E-state index in [4.69, 9.17) is 11.6 Å². The van der Waals surface area contributed by atoms with Crippen LogP contribution in [0.2, 0.25) is 5.02 Å². The van der Waals surface area contributed by atoms with Crippen molar-refractivity contribution in [2.45, 2.75) is 19.9 Å². The van der Waals surface area contributed by atoms with E-state index in [1.807, 2.05) is 0 Å². The van der Waals surface area contributed by atoms with E-state index >= 15 is 0 Å². The number of carbonyl (C=O) groups is 1. The van der Waals surface area contributed by atoms with Crippen LogP contribution >= 0.6 is 11.6 Å². The molecule has 1 saturated heterocycles. The van der Waals surface area contributed by atoms with Crippen molar-refractivity contribution in [3.8, 4) is 0 Å². The van der Waals surface area contributed by atoms with E-state index in [1.54, 1.807) is 4.90 Å². The Hall–Kier alpha value is -1.66. The predicted octanol–water partition coefficient (Wildman–Crippen LogP) is 2.41. The Bertz CT molecular complexity index is 554. The van der Waals surface area contributed by atoms with Crippen LogP contribution in [0, 0.1) is 10.1 Å². The van der Waals surface area contributed by atoms with Crippen LogP contribution in [0.4, 0.5) is 5.69 Å². The number of rotatable bonds is 3. The van der Waals surface area contributed by atoms with Crippen molar-refractivity contribution in [3.05, 3.63) is 38.9 Å². The maximum atomic E-state index is 12.4. The highest BCUT2D eigenvalue weighted by atomic mass is 35.5. The van der Waals surface area contributed by atoms with Crippen molar-refractivity contribution in [2.75, 3.05) is 26.2 Å². The molecule has 1 aromatic rings. The topological polar surface area (TPSA) is 66.7 Å². The fourth-order valence-corrected chi connectivity index (χ4v) is 2.60. The van der Waals surface area contributed by atoms with Gasteiger partial charge in [0.25, 0.3) is 11.6 Å². The number of nitro benzene ring substituents is 1. The van der Waals surface area contributed by atoms with Gasteiger partial charge in [0.05, 0.1) is 4.92 Å². The SMILES string of the molecule is CC(C)N1CCN(C(=O)c2ccc(Cl)c([N+](=O)[O-])c2)CC1. The first-order valence-corrected chi connectivity index (χ1v) is 7.25. The third kappa shape index (κ3) is 3.51. The molecule has 0 aliphatic carbocycles. The number of benzene rings is 1. The molecule has 0 radical (unpaired) electrons. The smallest absolute Gasteiger partial charge is 0.288 e. The Kier molecular flexibility index (Phi) is 4.80. The van der Waals surface area contributed by atoms with Crippen LogP contribution in [0.3, 0.4) is 0 Å². The molecule has 1 fully saturated rings. The molecule has 0 saturated carbocycles. The Labute approximate surface area is 128 Å². The maximum absolute atomic E-state index is 12.4. The summed E-state index contributed by atoms with van der Waals surface area (Å²) in [6.07, 6.45) is 0. The summed E-state index contributed by atoms with van der Waals surface area (Å²) >= 11 is 5.76. The summed E-state index contributed by atoms with van der Waals surface area (Å²) in [5.74, 6) is -0.182. The Balaban J connectivity index is 2.11. The summed E-state index contributed by atoms with van der Waals surface area (Å²) in [5.41, 5.74) is 0.0763. The summed E-state index contributed by atoms with van der Waals surface area (Å²) in [4.78, 5) is 26.7. The lowest BCUT2D eigenvalue weighted by molar-refractivity contribution is -0.384. The van der Waals surface area contributed by atoms with Gasteiger partial charge < -0.3 is 4.90 Å². The maximum Gasteiger partial charge on any atom is 0.288 e. The van der Waals surface area contributed by atoms with E-state index in [2.05, 4.69) is 18.7 Å². The molecular formula is C14H18ClN3O3. The van der Waals surface area contributed by atoms with Crippen molar-refractivity contribution in [1.29, 1.82) is 0 Å². The second-order valence-electron chi connectivity index (χ2n) is 5.35. The Morgan fingerprint density at radius 3 is 2.43 bits per heavy atom. The molecular weight excluding hydrogens is 294 g/mol. The normalized spacial score (nSPS) is 16.3. The molecule has 1 aliphatic rings. The Morgan fingerprint density at radius 1 is 1.29 bits per heavy atom.